The SMILES string of the molecule is CC1CCCC(NC(=O)NCC2(C)CC2)(C(=O)O)C1. The van der Waals surface area contributed by atoms with Crippen LogP contribution in [0.3, 0.4) is 0 Å². The molecule has 3 N–H and O–H groups in total. The maximum Gasteiger partial charge on any atom is 0.329 e. The van der Waals surface area contributed by atoms with E-state index in [1.165, 1.54) is 0 Å². The van der Waals surface area contributed by atoms with Gasteiger partial charge in [-0.2, -0.15) is 0 Å². The monoisotopic (exact) mass is 268 g/mol. The van der Waals surface area contributed by atoms with Gasteiger partial charge in [0.1, 0.15) is 5.54 Å². The van der Waals surface area contributed by atoms with Gasteiger partial charge >= 0.3 is 12.0 Å². The van der Waals surface area contributed by atoms with Gasteiger partial charge in [0.15, 0.2) is 0 Å². The summed E-state index contributed by atoms with van der Waals surface area (Å²) in [6, 6.07) is -0.343. The Hall–Kier alpha value is -1.26. The van der Waals surface area contributed by atoms with Crippen molar-refractivity contribution in [2.75, 3.05) is 6.54 Å². The van der Waals surface area contributed by atoms with Gasteiger partial charge < -0.3 is 15.7 Å². The molecule has 2 atom stereocenters. The highest BCUT2D eigenvalue weighted by Crippen LogP contribution is 2.44. The van der Waals surface area contributed by atoms with Crippen molar-refractivity contribution in [3.8, 4) is 0 Å². The van der Waals surface area contributed by atoms with E-state index in [9.17, 15) is 14.7 Å². The normalized spacial score (nSPS) is 32.4. The number of carbonyl (C=O) groups excluding carboxylic acids is 1. The van der Waals surface area contributed by atoms with Crippen molar-refractivity contribution in [3.05, 3.63) is 0 Å². The van der Waals surface area contributed by atoms with Crippen LogP contribution in [0.5, 0.6) is 0 Å². The minimum Gasteiger partial charge on any atom is -0.480 e. The van der Waals surface area contributed by atoms with Crippen molar-refractivity contribution in [1.29, 1.82) is 0 Å². The van der Waals surface area contributed by atoms with Crippen LogP contribution < -0.4 is 10.6 Å². The number of hydrogen-bond acceptors (Lipinski definition) is 2. The zero-order chi connectivity index (χ0) is 14.1. The highest BCUT2D eigenvalue weighted by atomic mass is 16.4. The highest BCUT2D eigenvalue weighted by molar-refractivity contribution is 5.86. The maximum atomic E-state index is 11.9. The number of aliphatic carboxylic acids is 1. The zero-order valence-electron chi connectivity index (χ0n) is 11.8. The van der Waals surface area contributed by atoms with Crippen LogP contribution in [0, 0.1) is 11.3 Å². The van der Waals surface area contributed by atoms with Crippen LogP contribution >= 0.6 is 0 Å². The van der Waals surface area contributed by atoms with Crippen molar-refractivity contribution >= 4 is 12.0 Å². The third-order valence-electron chi connectivity index (χ3n) is 4.54. The molecule has 2 rings (SSSR count). The topological polar surface area (TPSA) is 78.4 Å². The molecule has 2 aliphatic carbocycles. The Morgan fingerprint density at radius 3 is 2.53 bits per heavy atom. The number of hydrogen-bond donors (Lipinski definition) is 3. The molecule has 0 radical (unpaired) electrons. The number of urea groups is 1. The molecule has 0 aliphatic heterocycles. The summed E-state index contributed by atoms with van der Waals surface area (Å²) in [6.45, 7) is 4.80. The molecular formula is C14H24N2O3. The second-order valence-electron chi connectivity index (χ2n) is 6.71. The lowest BCUT2D eigenvalue weighted by atomic mass is 9.76. The Balaban J connectivity index is 1.92. The minimum atomic E-state index is -1.08. The molecule has 0 bridgehead atoms. The lowest BCUT2D eigenvalue weighted by molar-refractivity contribution is -0.146. The van der Waals surface area contributed by atoms with Crippen LogP contribution in [0.2, 0.25) is 0 Å². The molecule has 2 aliphatic rings. The number of nitrogens with one attached hydrogen (secondary N) is 2. The average molecular weight is 268 g/mol. The summed E-state index contributed by atoms with van der Waals surface area (Å²) in [6.07, 6.45) is 5.20. The zero-order valence-corrected chi connectivity index (χ0v) is 11.8. The van der Waals surface area contributed by atoms with Crippen molar-refractivity contribution in [1.82, 2.24) is 10.6 Å². The smallest absolute Gasteiger partial charge is 0.329 e. The Kier molecular flexibility index (Phi) is 3.74. The maximum absolute atomic E-state index is 11.9. The van der Waals surface area contributed by atoms with Gasteiger partial charge in [0.05, 0.1) is 0 Å². The van der Waals surface area contributed by atoms with Gasteiger partial charge in [0, 0.05) is 6.54 Å². The molecule has 19 heavy (non-hydrogen) atoms. The molecule has 0 saturated heterocycles. The molecule has 5 nitrogen and oxygen atoms in total. The first-order chi connectivity index (χ1) is 8.85. The van der Waals surface area contributed by atoms with Crippen molar-refractivity contribution < 1.29 is 14.7 Å². The van der Waals surface area contributed by atoms with E-state index in [1.807, 2.05) is 6.92 Å². The predicted octanol–water partition coefficient (Wildman–Crippen LogP) is 2.12. The fourth-order valence-corrected chi connectivity index (χ4v) is 2.86. The Morgan fingerprint density at radius 1 is 1.32 bits per heavy atom. The minimum absolute atomic E-state index is 0.230. The molecule has 2 saturated carbocycles. The van der Waals surface area contributed by atoms with E-state index in [1.54, 1.807) is 0 Å². The van der Waals surface area contributed by atoms with Gasteiger partial charge in [-0.25, -0.2) is 9.59 Å². The van der Waals surface area contributed by atoms with E-state index in [0.29, 0.717) is 25.3 Å². The first-order valence-electron chi connectivity index (χ1n) is 7.15. The van der Waals surface area contributed by atoms with Crippen LogP contribution in [0.1, 0.15) is 52.4 Å². The van der Waals surface area contributed by atoms with Gasteiger partial charge in [-0.1, -0.05) is 26.7 Å². The predicted molar refractivity (Wildman–Crippen MR) is 71.9 cm³/mol. The van der Waals surface area contributed by atoms with Crippen LogP contribution in [0.4, 0.5) is 4.79 Å². The van der Waals surface area contributed by atoms with E-state index < -0.39 is 11.5 Å². The van der Waals surface area contributed by atoms with Crippen LogP contribution in [0.15, 0.2) is 0 Å². The van der Waals surface area contributed by atoms with E-state index in [2.05, 4.69) is 17.6 Å². The first-order valence-corrected chi connectivity index (χ1v) is 7.15. The van der Waals surface area contributed by atoms with Crippen molar-refractivity contribution in [2.45, 2.75) is 57.9 Å². The third-order valence-corrected chi connectivity index (χ3v) is 4.54. The largest absolute Gasteiger partial charge is 0.480 e. The van der Waals surface area contributed by atoms with E-state index >= 15 is 0 Å². The molecule has 108 valence electrons. The standard InChI is InChI=1S/C14H24N2O3/c1-10-4-3-5-14(8-10,11(17)18)16-12(19)15-9-13(2)6-7-13/h10H,3-9H2,1-2H3,(H,17,18)(H2,15,16,19). The number of rotatable bonds is 4. The third kappa shape index (κ3) is 3.39. The molecule has 2 amide bonds. The highest BCUT2D eigenvalue weighted by Gasteiger charge is 2.44. The fraction of sp³-hybridized carbons (Fsp3) is 0.857. The van der Waals surface area contributed by atoms with Gasteiger partial charge in [0.2, 0.25) is 0 Å². The Bertz CT molecular complexity index is 379. The lowest BCUT2D eigenvalue weighted by Gasteiger charge is -2.37. The second kappa shape index (κ2) is 5.02. The van der Waals surface area contributed by atoms with Crippen molar-refractivity contribution in [3.63, 3.8) is 0 Å². The van der Waals surface area contributed by atoms with E-state index in [0.717, 1.165) is 25.7 Å². The second-order valence-corrected chi connectivity index (χ2v) is 6.71. The molecular weight excluding hydrogens is 244 g/mol. The summed E-state index contributed by atoms with van der Waals surface area (Å²) in [5.74, 6) is -0.571. The summed E-state index contributed by atoms with van der Waals surface area (Å²) in [4.78, 5) is 23.4. The molecule has 0 aromatic carbocycles. The van der Waals surface area contributed by atoms with Gasteiger partial charge in [-0.05, 0) is 37.0 Å². The number of amides is 2. The summed E-state index contributed by atoms with van der Waals surface area (Å²) >= 11 is 0. The van der Waals surface area contributed by atoms with Crippen LogP contribution in [-0.4, -0.2) is 29.2 Å². The van der Waals surface area contributed by atoms with E-state index in [-0.39, 0.29) is 11.4 Å². The fourth-order valence-electron chi connectivity index (χ4n) is 2.86. The molecule has 0 spiro atoms. The number of carboxylic acid groups (broad SMARTS) is 1. The quantitative estimate of drug-likeness (QED) is 0.730. The van der Waals surface area contributed by atoms with E-state index in [4.69, 9.17) is 0 Å². The van der Waals surface area contributed by atoms with Gasteiger partial charge in [0.25, 0.3) is 0 Å². The molecule has 5 heteroatoms. The summed E-state index contributed by atoms with van der Waals surface area (Å²) in [7, 11) is 0. The molecule has 2 unspecified atom stereocenters. The molecule has 0 heterocycles. The summed E-state index contributed by atoms with van der Waals surface area (Å²) in [5.41, 5.74) is -0.847. The van der Waals surface area contributed by atoms with Crippen LogP contribution in [0.25, 0.3) is 0 Å². The summed E-state index contributed by atoms with van der Waals surface area (Å²) in [5, 5.41) is 15.0. The summed E-state index contributed by atoms with van der Waals surface area (Å²) < 4.78 is 0. The van der Waals surface area contributed by atoms with Crippen LogP contribution in [-0.2, 0) is 4.79 Å². The number of carbonyl (C=O) groups is 2. The van der Waals surface area contributed by atoms with Gasteiger partial charge in [-0.3, -0.25) is 0 Å². The first kappa shape index (κ1) is 14.2. The molecule has 0 aromatic rings. The van der Waals surface area contributed by atoms with Gasteiger partial charge in [-0.15, -0.1) is 0 Å². The van der Waals surface area contributed by atoms with Crippen molar-refractivity contribution in [2.24, 2.45) is 11.3 Å². The average Bonchev–Trinajstić information content (AvgIpc) is 3.05. The Morgan fingerprint density at radius 2 is 2.00 bits per heavy atom. The number of carboxylic acids is 1. The Labute approximate surface area is 114 Å². The molecule has 2 fully saturated rings. The lowest BCUT2D eigenvalue weighted by Crippen LogP contribution is -2.59. The molecule has 0 aromatic heterocycles.